The van der Waals surface area contributed by atoms with E-state index in [-0.39, 0.29) is 24.4 Å². The fraction of sp³-hybridized carbons (Fsp3) is 0.353. The highest BCUT2D eigenvalue weighted by molar-refractivity contribution is 7.89. The fourth-order valence-corrected chi connectivity index (χ4v) is 5.22. The van der Waals surface area contributed by atoms with Crippen LogP contribution < -0.4 is 10.6 Å². The van der Waals surface area contributed by atoms with Crippen molar-refractivity contribution in [2.24, 2.45) is 0 Å². The molecule has 1 fully saturated rings. The lowest BCUT2D eigenvalue weighted by atomic mass is 10.1. The molecule has 2 heterocycles. The number of benzene rings is 1. The lowest BCUT2D eigenvalue weighted by Gasteiger charge is -2.33. The Bertz CT molecular complexity index is 937. The van der Waals surface area contributed by atoms with E-state index in [0.717, 1.165) is 14.9 Å². The first-order valence-corrected chi connectivity index (χ1v) is 10.6. The van der Waals surface area contributed by atoms with Gasteiger partial charge in [-0.15, -0.1) is 11.3 Å². The van der Waals surface area contributed by atoms with Crippen LogP contribution in [-0.4, -0.2) is 48.7 Å². The lowest BCUT2D eigenvalue weighted by Crippen LogP contribution is -2.57. The van der Waals surface area contributed by atoms with Crippen molar-refractivity contribution in [3.63, 3.8) is 0 Å². The van der Waals surface area contributed by atoms with E-state index >= 15 is 0 Å². The average Bonchev–Trinajstić information content (AvgIpc) is 2.94. The Morgan fingerprint density at radius 3 is 2.67 bits per heavy atom. The minimum absolute atomic E-state index is 0.0938. The Morgan fingerprint density at radius 2 is 2.04 bits per heavy atom. The third-order valence-corrected chi connectivity index (χ3v) is 7.20. The SMILES string of the molecule is Cc1nc(NC(=O)CC2C(=O)NCCN2S(=O)(=O)c2ccccc2)sc1C. The maximum absolute atomic E-state index is 12.9. The van der Waals surface area contributed by atoms with Gasteiger partial charge in [-0.05, 0) is 26.0 Å². The second kappa shape index (κ2) is 7.75. The summed E-state index contributed by atoms with van der Waals surface area (Å²) in [6.07, 6.45) is -0.282. The average molecular weight is 409 g/mol. The number of sulfonamides is 1. The number of hydrogen-bond donors (Lipinski definition) is 2. The van der Waals surface area contributed by atoms with Gasteiger partial charge in [0.05, 0.1) is 17.0 Å². The molecule has 1 unspecified atom stereocenters. The minimum Gasteiger partial charge on any atom is -0.353 e. The summed E-state index contributed by atoms with van der Waals surface area (Å²) < 4.78 is 27.0. The van der Waals surface area contributed by atoms with Crippen LogP contribution in [0.1, 0.15) is 17.0 Å². The van der Waals surface area contributed by atoms with Crippen LogP contribution in [0, 0.1) is 13.8 Å². The van der Waals surface area contributed by atoms with E-state index in [0.29, 0.717) is 5.13 Å². The molecule has 2 N–H and O–H groups in total. The summed E-state index contributed by atoms with van der Waals surface area (Å²) in [5, 5.41) is 5.71. The topological polar surface area (TPSA) is 108 Å². The maximum Gasteiger partial charge on any atom is 0.243 e. The highest BCUT2D eigenvalue weighted by Gasteiger charge is 2.39. The molecular weight excluding hydrogens is 388 g/mol. The van der Waals surface area contributed by atoms with Gasteiger partial charge in [0.2, 0.25) is 21.8 Å². The number of hydrogen-bond acceptors (Lipinski definition) is 6. The summed E-state index contributed by atoms with van der Waals surface area (Å²) in [6.45, 7) is 4.04. The van der Waals surface area contributed by atoms with E-state index in [2.05, 4.69) is 15.6 Å². The van der Waals surface area contributed by atoms with Crippen LogP contribution in [0.25, 0.3) is 0 Å². The molecule has 1 aliphatic heterocycles. The van der Waals surface area contributed by atoms with Gasteiger partial charge >= 0.3 is 0 Å². The monoisotopic (exact) mass is 408 g/mol. The second-order valence-corrected chi connectivity index (χ2v) is 9.24. The van der Waals surface area contributed by atoms with Crippen molar-refractivity contribution >= 4 is 38.3 Å². The Balaban J connectivity index is 1.80. The van der Waals surface area contributed by atoms with E-state index in [1.54, 1.807) is 18.2 Å². The number of aryl methyl sites for hydroxylation is 2. The van der Waals surface area contributed by atoms with Crippen LogP contribution in [0.3, 0.4) is 0 Å². The third kappa shape index (κ3) is 4.18. The molecule has 1 atom stereocenters. The molecule has 0 radical (unpaired) electrons. The molecule has 1 saturated heterocycles. The summed E-state index contributed by atoms with van der Waals surface area (Å²) in [5.74, 6) is -0.943. The quantitative estimate of drug-likeness (QED) is 0.775. The van der Waals surface area contributed by atoms with Crippen LogP contribution >= 0.6 is 11.3 Å². The zero-order valence-corrected chi connectivity index (χ0v) is 16.6. The van der Waals surface area contributed by atoms with E-state index in [1.165, 1.54) is 23.5 Å². The summed E-state index contributed by atoms with van der Waals surface area (Å²) in [7, 11) is -3.89. The molecular formula is C17H20N4O4S2. The first kappa shape index (κ1) is 19.5. The van der Waals surface area contributed by atoms with Gasteiger partial charge in [-0.1, -0.05) is 18.2 Å². The van der Waals surface area contributed by atoms with Gasteiger partial charge in [0.25, 0.3) is 0 Å². The Kier molecular flexibility index (Phi) is 5.59. The molecule has 3 rings (SSSR count). The third-order valence-electron chi connectivity index (χ3n) is 4.29. The van der Waals surface area contributed by atoms with Crippen molar-refractivity contribution in [3.05, 3.63) is 40.9 Å². The highest BCUT2D eigenvalue weighted by atomic mass is 32.2. The van der Waals surface area contributed by atoms with Crippen LogP contribution in [0.4, 0.5) is 5.13 Å². The summed E-state index contributed by atoms with van der Waals surface area (Å²) in [6, 6.07) is 6.79. The minimum atomic E-state index is -3.89. The van der Waals surface area contributed by atoms with Gasteiger partial charge in [-0.2, -0.15) is 4.31 Å². The first-order chi connectivity index (χ1) is 12.8. The number of rotatable bonds is 5. The normalized spacial score (nSPS) is 18.1. The molecule has 2 aromatic rings. The van der Waals surface area contributed by atoms with Gasteiger partial charge in [-0.3, -0.25) is 9.59 Å². The zero-order chi connectivity index (χ0) is 19.6. The molecule has 0 aliphatic carbocycles. The maximum atomic E-state index is 12.9. The highest BCUT2D eigenvalue weighted by Crippen LogP contribution is 2.24. The summed E-state index contributed by atoms with van der Waals surface area (Å²) in [4.78, 5) is 30.0. The van der Waals surface area contributed by atoms with Crippen LogP contribution in [0.2, 0.25) is 0 Å². The molecule has 0 bridgehead atoms. The smallest absolute Gasteiger partial charge is 0.243 e. The molecule has 1 aromatic heterocycles. The Hall–Kier alpha value is -2.30. The largest absolute Gasteiger partial charge is 0.353 e. The molecule has 8 nitrogen and oxygen atoms in total. The van der Waals surface area contributed by atoms with Crippen LogP contribution in [0.15, 0.2) is 35.2 Å². The van der Waals surface area contributed by atoms with Crippen molar-refractivity contribution in [2.45, 2.75) is 31.2 Å². The number of amides is 2. The number of carbonyl (C=O) groups excluding carboxylic acids is 2. The molecule has 10 heteroatoms. The second-order valence-electron chi connectivity index (χ2n) is 6.15. The van der Waals surface area contributed by atoms with Crippen molar-refractivity contribution < 1.29 is 18.0 Å². The predicted molar refractivity (Wildman–Crippen MR) is 102 cm³/mol. The molecule has 27 heavy (non-hydrogen) atoms. The van der Waals surface area contributed by atoms with Crippen LogP contribution in [0.5, 0.6) is 0 Å². The van der Waals surface area contributed by atoms with Gasteiger partial charge in [0, 0.05) is 18.0 Å². The Morgan fingerprint density at radius 1 is 1.33 bits per heavy atom. The first-order valence-electron chi connectivity index (χ1n) is 8.37. The van der Waals surface area contributed by atoms with E-state index in [9.17, 15) is 18.0 Å². The fourth-order valence-electron chi connectivity index (χ4n) is 2.78. The van der Waals surface area contributed by atoms with E-state index < -0.39 is 27.9 Å². The van der Waals surface area contributed by atoms with Gasteiger partial charge in [0.15, 0.2) is 5.13 Å². The van der Waals surface area contributed by atoms with Crippen molar-refractivity contribution in [1.29, 1.82) is 0 Å². The predicted octanol–water partition coefficient (Wildman–Crippen LogP) is 1.28. The van der Waals surface area contributed by atoms with Gasteiger partial charge in [-0.25, -0.2) is 13.4 Å². The molecule has 0 saturated carbocycles. The number of nitrogens with zero attached hydrogens (tertiary/aromatic N) is 2. The number of nitrogens with one attached hydrogen (secondary N) is 2. The standard InChI is InChI=1S/C17H20N4O4S2/c1-11-12(2)26-17(19-11)20-15(22)10-14-16(23)18-8-9-21(14)27(24,25)13-6-4-3-5-7-13/h3-7,14H,8-10H2,1-2H3,(H,18,23)(H,19,20,22). The Labute approximate surface area is 161 Å². The molecule has 2 amide bonds. The van der Waals surface area contributed by atoms with Crippen molar-refractivity contribution in [3.8, 4) is 0 Å². The number of anilines is 1. The van der Waals surface area contributed by atoms with Gasteiger partial charge < -0.3 is 10.6 Å². The number of aromatic nitrogens is 1. The zero-order valence-electron chi connectivity index (χ0n) is 14.9. The molecule has 1 aliphatic rings. The molecule has 0 spiro atoms. The van der Waals surface area contributed by atoms with E-state index in [1.807, 2.05) is 13.8 Å². The van der Waals surface area contributed by atoms with Crippen molar-refractivity contribution in [1.82, 2.24) is 14.6 Å². The number of piperazine rings is 1. The van der Waals surface area contributed by atoms with Crippen molar-refractivity contribution in [2.75, 3.05) is 18.4 Å². The lowest BCUT2D eigenvalue weighted by molar-refractivity contribution is -0.130. The molecule has 1 aromatic carbocycles. The van der Waals surface area contributed by atoms with E-state index in [4.69, 9.17) is 0 Å². The van der Waals surface area contributed by atoms with Crippen LogP contribution in [-0.2, 0) is 19.6 Å². The molecule has 144 valence electrons. The van der Waals surface area contributed by atoms with Gasteiger partial charge in [0.1, 0.15) is 6.04 Å². The number of carbonyl (C=O) groups is 2. The number of thiazole rings is 1. The summed E-state index contributed by atoms with van der Waals surface area (Å²) >= 11 is 1.33. The summed E-state index contributed by atoms with van der Waals surface area (Å²) in [5.41, 5.74) is 0.819.